The van der Waals surface area contributed by atoms with Crippen molar-refractivity contribution in [3.63, 3.8) is 0 Å². The van der Waals surface area contributed by atoms with Gasteiger partial charge in [-0.2, -0.15) is 0 Å². The van der Waals surface area contributed by atoms with E-state index in [1.165, 1.54) is 30.4 Å². The average molecular weight is 245 g/mol. The van der Waals surface area contributed by atoms with Gasteiger partial charge in [-0.3, -0.25) is 0 Å². The topological polar surface area (TPSA) is 21.3 Å². The second-order valence-electron chi connectivity index (χ2n) is 6.20. The molecule has 1 aromatic rings. The summed E-state index contributed by atoms with van der Waals surface area (Å²) in [6, 6.07) is 7.13. The van der Waals surface area contributed by atoms with E-state index in [4.69, 9.17) is 4.74 Å². The Labute approximate surface area is 110 Å². The number of benzene rings is 1. The van der Waals surface area contributed by atoms with Crippen molar-refractivity contribution in [2.75, 3.05) is 6.54 Å². The summed E-state index contributed by atoms with van der Waals surface area (Å²) in [4.78, 5) is 0. The van der Waals surface area contributed by atoms with Crippen molar-refractivity contribution in [3.05, 3.63) is 29.3 Å². The first-order valence-electron chi connectivity index (χ1n) is 7.20. The number of fused-ring (bicyclic) bond motifs is 1. The summed E-state index contributed by atoms with van der Waals surface area (Å²) < 4.78 is 6.26. The highest BCUT2D eigenvalue weighted by Gasteiger charge is 2.30. The Balaban J connectivity index is 1.95. The maximum atomic E-state index is 6.26. The molecule has 0 spiro atoms. The van der Waals surface area contributed by atoms with E-state index in [-0.39, 0.29) is 5.60 Å². The van der Waals surface area contributed by atoms with Crippen molar-refractivity contribution in [2.45, 2.75) is 57.6 Å². The molecule has 3 rings (SSSR count). The van der Waals surface area contributed by atoms with Crippen LogP contribution in [0.2, 0.25) is 0 Å². The van der Waals surface area contributed by atoms with E-state index < -0.39 is 0 Å². The highest BCUT2D eigenvalue weighted by Crippen LogP contribution is 2.39. The fourth-order valence-electron chi connectivity index (χ4n) is 3.08. The number of nitrogens with one attached hydrogen (secondary N) is 1. The van der Waals surface area contributed by atoms with Gasteiger partial charge in [0, 0.05) is 11.6 Å². The molecule has 0 aliphatic carbocycles. The number of aryl methyl sites for hydroxylation is 1. The third kappa shape index (κ3) is 2.26. The first-order valence-corrected chi connectivity index (χ1v) is 7.20. The monoisotopic (exact) mass is 245 g/mol. The van der Waals surface area contributed by atoms with Gasteiger partial charge in [0.2, 0.25) is 0 Å². The fourth-order valence-corrected chi connectivity index (χ4v) is 3.08. The molecule has 0 aromatic heterocycles. The summed E-state index contributed by atoms with van der Waals surface area (Å²) in [6.07, 6.45) is 6.12. The van der Waals surface area contributed by atoms with Gasteiger partial charge in [0.1, 0.15) is 11.4 Å². The molecule has 2 aliphatic rings. The molecule has 1 saturated heterocycles. The Bertz CT molecular complexity index is 433. The summed E-state index contributed by atoms with van der Waals surface area (Å²) in [6.45, 7) is 5.53. The normalized spacial score (nSPS) is 26.2. The molecule has 1 N–H and O–H groups in total. The number of piperidine rings is 1. The minimum atomic E-state index is -0.0161. The summed E-state index contributed by atoms with van der Waals surface area (Å²) in [7, 11) is 0. The van der Waals surface area contributed by atoms with Gasteiger partial charge in [-0.25, -0.2) is 0 Å². The van der Waals surface area contributed by atoms with Gasteiger partial charge in [-0.05, 0) is 51.6 Å². The number of rotatable bonds is 1. The van der Waals surface area contributed by atoms with E-state index in [1.54, 1.807) is 0 Å². The minimum absolute atomic E-state index is 0.0161. The third-order valence-electron chi connectivity index (χ3n) is 4.19. The molecule has 2 aliphatic heterocycles. The van der Waals surface area contributed by atoms with E-state index in [0.29, 0.717) is 6.04 Å². The standard InChI is InChI=1S/C16H23NO/c1-16(2)10-9-12-6-5-7-13(15(12)18-16)14-8-3-4-11-17-14/h5-7,14,17H,3-4,8-11H2,1-2H3. The molecule has 1 fully saturated rings. The lowest BCUT2D eigenvalue weighted by atomic mass is 9.89. The van der Waals surface area contributed by atoms with Crippen molar-refractivity contribution in [2.24, 2.45) is 0 Å². The quantitative estimate of drug-likeness (QED) is 0.816. The Morgan fingerprint density at radius 2 is 2.17 bits per heavy atom. The van der Waals surface area contributed by atoms with Crippen molar-refractivity contribution in [1.29, 1.82) is 0 Å². The lowest BCUT2D eigenvalue weighted by Gasteiger charge is -2.36. The van der Waals surface area contributed by atoms with Gasteiger partial charge in [-0.1, -0.05) is 24.6 Å². The molecule has 1 unspecified atom stereocenters. The molecule has 98 valence electrons. The molecule has 0 bridgehead atoms. The van der Waals surface area contributed by atoms with Gasteiger partial charge < -0.3 is 10.1 Å². The van der Waals surface area contributed by atoms with Crippen LogP contribution < -0.4 is 10.1 Å². The Hall–Kier alpha value is -1.02. The van der Waals surface area contributed by atoms with E-state index in [1.807, 2.05) is 0 Å². The minimum Gasteiger partial charge on any atom is -0.487 e. The van der Waals surface area contributed by atoms with Crippen LogP contribution in [0.15, 0.2) is 18.2 Å². The number of hydrogen-bond donors (Lipinski definition) is 1. The molecule has 2 heterocycles. The smallest absolute Gasteiger partial charge is 0.128 e. The Morgan fingerprint density at radius 1 is 1.28 bits per heavy atom. The molecule has 2 nitrogen and oxygen atoms in total. The molecule has 1 aromatic carbocycles. The maximum Gasteiger partial charge on any atom is 0.128 e. The summed E-state index contributed by atoms with van der Waals surface area (Å²) in [5.74, 6) is 1.16. The first kappa shape index (κ1) is 12.0. The SMILES string of the molecule is CC1(C)CCc2cccc(C3CCCCN3)c2O1. The predicted octanol–water partition coefficient (Wildman–Crippen LogP) is 3.60. The molecule has 0 radical (unpaired) electrons. The van der Waals surface area contributed by atoms with Crippen molar-refractivity contribution >= 4 is 0 Å². The molecule has 2 heteroatoms. The average Bonchev–Trinajstić information content (AvgIpc) is 2.38. The molecule has 1 atom stereocenters. The Kier molecular flexibility index (Phi) is 3.06. The second kappa shape index (κ2) is 4.58. The van der Waals surface area contributed by atoms with Crippen molar-refractivity contribution in [3.8, 4) is 5.75 Å². The molecule has 0 amide bonds. The highest BCUT2D eigenvalue weighted by molar-refractivity contribution is 5.45. The number of ether oxygens (including phenoxy) is 1. The predicted molar refractivity (Wildman–Crippen MR) is 74.1 cm³/mol. The van der Waals surface area contributed by atoms with Crippen molar-refractivity contribution < 1.29 is 4.74 Å². The second-order valence-corrected chi connectivity index (χ2v) is 6.20. The maximum absolute atomic E-state index is 6.26. The van der Waals surface area contributed by atoms with Crippen LogP contribution >= 0.6 is 0 Å². The van der Waals surface area contributed by atoms with Crippen LogP contribution in [0.4, 0.5) is 0 Å². The van der Waals surface area contributed by atoms with Gasteiger partial charge in [0.05, 0.1) is 0 Å². The van der Waals surface area contributed by atoms with Crippen LogP contribution in [0.25, 0.3) is 0 Å². The highest BCUT2D eigenvalue weighted by atomic mass is 16.5. The fraction of sp³-hybridized carbons (Fsp3) is 0.625. The molecule has 18 heavy (non-hydrogen) atoms. The van der Waals surface area contributed by atoms with E-state index in [2.05, 4.69) is 37.4 Å². The van der Waals surface area contributed by atoms with E-state index >= 15 is 0 Å². The molecule has 0 saturated carbocycles. The number of para-hydroxylation sites is 1. The summed E-state index contributed by atoms with van der Waals surface area (Å²) in [5.41, 5.74) is 2.75. The third-order valence-corrected chi connectivity index (χ3v) is 4.19. The molecular formula is C16H23NO. The zero-order valence-corrected chi connectivity index (χ0v) is 11.5. The number of hydrogen-bond acceptors (Lipinski definition) is 2. The van der Waals surface area contributed by atoms with Crippen LogP contribution in [0.1, 0.15) is 56.7 Å². The van der Waals surface area contributed by atoms with Crippen LogP contribution in [0.5, 0.6) is 5.75 Å². The van der Waals surface area contributed by atoms with Gasteiger partial charge in [0.15, 0.2) is 0 Å². The van der Waals surface area contributed by atoms with Gasteiger partial charge in [0.25, 0.3) is 0 Å². The summed E-state index contributed by atoms with van der Waals surface area (Å²) >= 11 is 0. The van der Waals surface area contributed by atoms with E-state index in [0.717, 1.165) is 25.1 Å². The molecular weight excluding hydrogens is 222 g/mol. The summed E-state index contributed by atoms with van der Waals surface area (Å²) in [5, 5.41) is 3.63. The van der Waals surface area contributed by atoms with Crippen molar-refractivity contribution in [1.82, 2.24) is 5.32 Å². The zero-order chi connectivity index (χ0) is 12.6. The first-order chi connectivity index (χ1) is 8.66. The van der Waals surface area contributed by atoms with E-state index in [9.17, 15) is 0 Å². The van der Waals surface area contributed by atoms with Crippen LogP contribution in [0.3, 0.4) is 0 Å². The van der Waals surface area contributed by atoms with Gasteiger partial charge in [-0.15, -0.1) is 0 Å². The van der Waals surface area contributed by atoms with Gasteiger partial charge >= 0.3 is 0 Å². The lowest BCUT2D eigenvalue weighted by molar-refractivity contribution is 0.0821. The Morgan fingerprint density at radius 3 is 2.94 bits per heavy atom. The lowest BCUT2D eigenvalue weighted by Crippen LogP contribution is -2.34. The van der Waals surface area contributed by atoms with Crippen LogP contribution in [-0.4, -0.2) is 12.1 Å². The van der Waals surface area contributed by atoms with Crippen LogP contribution in [-0.2, 0) is 6.42 Å². The van der Waals surface area contributed by atoms with Crippen LogP contribution in [0, 0.1) is 0 Å². The largest absolute Gasteiger partial charge is 0.487 e. The zero-order valence-electron chi connectivity index (χ0n) is 11.5.